The van der Waals surface area contributed by atoms with E-state index < -0.39 is 5.97 Å². The number of carboxylic acids is 1. The molecule has 6 heteroatoms. The van der Waals surface area contributed by atoms with E-state index in [1.54, 1.807) is 23.3 Å². The van der Waals surface area contributed by atoms with Crippen LogP contribution in [-0.2, 0) is 0 Å². The number of hydrogen-bond acceptors (Lipinski definition) is 3. The van der Waals surface area contributed by atoms with Gasteiger partial charge in [-0.1, -0.05) is 0 Å². The van der Waals surface area contributed by atoms with E-state index in [0.29, 0.717) is 5.69 Å². The van der Waals surface area contributed by atoms with Crippen LogP contribution in [0.15, 0.2) is 30.9 Å². The first-order valence-electron chi connectivity index (χ1n) is 4.06. The topological polar surface area (TPSA) is 68.0 Å². The molecule has 0 aliphatic heterocycles. The molecule has 2 rings (SSSR count). The molecule has 0 fully saturated rings. The minimum atomic E-state index is -0.994. The second-order valence-electron chi connectivity index (χ2n) is 2.84. The van der Waals surface area contributed by atoms with E-state index in [-0.39, 0.29) is 5.56 Å². The van der Waals surface area contributed by atoms with Gasteiger partial charge in [0.2, 0.25) is 0 Å². The monoisotopic (exact) mass is 315 g/mol. The van der Waals surface area contributed by atoms with Crippen LogP contribution >= 0.6 is 22.6 Å². The molecule has 0 spiro atoms. The third-order valence-electron chi connectivity index (χ3n) is 1.79. The average molecular weight is 315 g/mol. The highest BCUT2D eigenvalue weighted by atomic mass is 127. The van der Waals surface area contributed by atoms with Crippen molar-refractivity contribution < 1.29 is 9.90 Å². The number of rotatable bonds is 2. The van der Waals surface area contributed by atoms with Crippen LogP contribution in [0.4, 0.5) is 0 Å². The van der Waals surface area contributed by atoms with Crippen molar-refractivity contribution in [2.75, 3.05) is 0 Å². The van der Waals surface area contributed by atoms with Gasteiger partial charge in [-0.15, -0.1) is 0 Å². The van der Waals surface area contributed by atoms with Crippen LogP contribution < -0.4 is 0 Å². The fourth-order valence-electron chi connectivity index (χ4n) is 1.11. The summed E-state index contributed by atoms with van der Waals surface area (Å²) in [6, 6.07) is 1.53. The van der Waals surface area contributed by atoms with Crippen molar-refractivity contribution in [1.82, 2.24) is 14.8 Å². The van der Waals surface area contributed by atoms with Crippen molar-refractivity contribution in [3.63, 3.8) is 0 Å². The molecular formula is C9H6IN3O2. The molecule has 1 N–H and O–H groups in total. The Balaban J connectivity index is 2.45. The predicted molar refractivity (Wildman–Crippen MR) is 61.0 cm³/mol. The lowest BCUT2D eigenvalue weighted by molar-refractivity contribution is 0.0696. The quantitative estimate of drug-likeness (QED) is 0.854. The number of carboxylic acid groups (broad SMARTS) is 1. The van der Waals surface area contributed by atoms with Crippen LogP contribution in [0.5, 0.6) is 0 Å². The van der Waals surface area contributed by atoms with E-state index in [1.807, 2.05) is 0 Å². The van der Waals surface area contributed by atoms with E-state index >= 15 is 0 Å². The Bertz CT molecular complexity index is 510. The zero-order chi connectivity index (χ0) is 10.8. The third kappa shape index (κ3) is 2.14. The van der Waals surface area contributed by atoms with E-state index in [0.717, 1.165) is 3.57 Å². The van der Waals surface area contributed by atoms with Gasteiger partial charge >= 0.3 is 5.97 Å². The molecule has 0 atom stereocenters. The Hall–Kier alpha value is -1.44. The summed E-state index contributed by atoms with van der Waals surface area (Å²) in [5, 5.41) is 12.9. The van der Waals surface area contributed by atoms with Crippen molar-refractivity contribution >= 4 is 28.6 Å². The van der Waals surface area contributed by atoms with Gasteiger partial charge in [0, 0.05) is 12.4 Å². The van der Waals surface area contributed by atoms with Gasteiger partial charge in [0.1, 0.15) is 0 Å². The maximum Gasteiger partial charge on any atom is 0.337 e. The summed E-state index contributed by atoms with van der Waals surface area (Å²) < 4.78 is 2.56. The van der Waals surface area contributed by atoms with Crippen LogP contribution in [0.3, 0.4) is 0 Å². The van der Waals surface area contributed by atoms with Gasteiger partial charge in [0.05, 0.1) is 27.2 Å². The standard InChI is InChI=1S/C9H6IN3O2/c10-7-3-12-13(5-7)8-1-6(9(14)15)2-11-4-8/h1-5H,(H,14,15). The lowest BCUT2D eigenvalue weighted by Crippen LogP contribution is -2.01. The fourth-order valence-corrected chi connectivity index (χ4v) is 1.50. The predicted octanol–water partition coefficient (Wildman–Crippen LogP) is 1.57. The highest BCUT2D eigenvalue weighted by Crippen LogP contribution is 2.10. The summed E-state index contributed by atoms with van der Waals surface area (Å²) >= 11 is 2.13. The summed E-state index contributed by atoms with van der Waals surface area (Å²) in [7, 11) is 0. The summed E-state index contributed by atoms with van der Waals surface area (Å²) in [6.07, 6.45) is 6.35. The van der Waals surface area contributed by atoms with Gasteiger partial charge in [-0.05, 0) is 28.7 Å². The molecule has 15 heavy (non-hydrogen) atoms. The zero-order valence-corrected chi connectivity index (χ0v) is 9.62. The maximum atomic E-state index is 10.7. The second kappa shape index (κ2) is 3.97. The fraction of sp³-hybridized carbons (Fsp3) is 0. The molecule has 0 amide bonds. The molecule has 0 saturated carbocycles. The first-order chi connectivity index (χ1) is 7.16. The molecular weight excluding hydrogens is 309 g/mol. The van der Waals surface area contributed by atoms with Gasteiger partial charge in [-0.3, -0.25) is 4.98 Å². The van der Waals surface area contributed by atoms with E-state index in [9.17, 15) is 4.79 Å². The Labute approximate surface area is 98.9 Å². The molecule has 5 nitrogen and oxygen atoms in total. The van der Waals surface area contributed by atoms with Crippen molar-refractivity contribution in [1.29, 1.82) is 0 Å². The first kappa shape index (κ1) is 10.1. The van der Waals surface area contributed by atoms with Gasteiger partial charge in [0.25, 0.3) is 0 Å². The minimum Gasteiger partial charge on any atom is -0.478 e. The number of carbonyl (C=O) groups is 1. The molecule has 0 aliphatic carbocycles. The Kier molecular flexibility index (Phi) is 2.67. The van der Waals surface area contributed by atoms with Gasteiger partial charge in [0.15, 0.2) is 0 Å². The number of aromatic nitrogens is 3. The van der Waals surface area contributed by atoms with Crippen LogP contribution in [0.25, 0.3) is 5.69 Å². The van der Waals surface area contributed by atoms with Crippen molar-refractivity contribution in [2.45, 2.75) is 0 Å². The Morgan fingerprint density at radius 3 is 2.80 bits per heavy atom. The molecule has 0 aromatic carbocycles. The molecule has 0 aliphatic rings. The van der Waals surface area contributed by atoms with Crippen molar-refractivity contribution in [3.05, 3.63) is 40.0 Å². The number of hydrogen-bond donors (Lipinski definition) is 1. The molecule has 0 saturated heterocycles. The lowest BCUT2D eigenvalue weighted by Gasteiger charge is -2.00. The van der Waals surface area contributed by atoms with Gasteiger partial charge < -0.3 is 5.11 Å². The maximum absolute atomic E-state index is 10.7. The molecule has 2 aromatic heterocycles. The third-order valence-corrected chi connectivity index (χ3v) is 2.34. The van der Waals surface area contributed by atoms with Gasteiger partial charge in [-0.2, -0.15) is 5.10 Å². The molecule has 2 heterocycles. The van der Waals surface area contributed by atoms with Crippen molar-refractivity contribution in [3.8, 4) is 5.69 Å². The largest absolute Gasteiger partial charge is 0.478 e. The normalized spacial score (nSPS) is 10.2. The van der Waals surface area contributed by atoms with Crippen molar-refractivity contribution in [2.24, 2.45) is 0 Å². The number of aromatic carboxylic acids is 1. The van der Waals surface area contributed by atoms with Crippen LogP contribution in [0.2, 0.25) is 0 Å². The van der Waals surface area contributed by atoms with E-state index in [1.165, 1.54) is 12.3 Å². The van der Waals surface area contributed by atoms with E-state index in [2.05, 4.69) is 32.7 Å². The molecule has 0 unspecified atom stereocenters. The SMILES string of the molecule is O=C(O)c1cncc(-n2cc(I)cn2)c1. The Morgan fingerprint density at radius 2 is 2.20 bits per heavy atom. The first-order valence-corrected chi connectivity index (χ1v) is 5.13. The average Bonchev–Trinajstić information content (AvgIpc) is 2.65. The Morgan fingerprint density at radius 1 is 1.40 bits per heavy atom. The number of pyridine rings is 1. The van der Waals surface area contributed by atoms with Crippen LogP contribution in [0.1, 0.15) is 10.4 Å². The second-order valence-corrected chi connectivity index (χ2v) is 4.09. The smallest absolute Gasteiger partial charge is 0.337 e. The summed E-state index contributed by atoms with van der Waals surface area (Å²) in [5.41, 5.74) is 0.788. The summed E-state index contributed by atoms with van der Waals surface area (Å²) in [6.45, 7) is 0. The lowest BCUT2D eigenvalue weighted by atomic mass is 10.3. The molecule has 2 aromatic rings. The molecule has 76 valence electrons. The molecule has 0 bridgehead atoms. The minimum absolute atomic E-state index is 0.151. The summed E-state index contributed by atoms with van der Waals surface area (Å²) in [5.74, 6) is -0.994. The zero-order valence-electron chi connectivity index (χ0n) is 7.46. The summed E-state index contributed by atoms with van der Waals surface area (Å²) in [4.78, 5) is 14.6. The van der Waals surface area contributed by atoms with Gasteiger partial charge in [-0.25, -0.2) is 9.48 Å². The van der Waals surface area contributed by atoms with E-state index in [4.69, 9.17) is 5.11 Å². The molecule has 0 radical (unpaired) electrons. The number of nitrogens with zero attached hydrogens (tertiary/aromatic N) is 3. The van der Waals surface area contributed by atoms with Crippen LogP contribution in [0, 0.1) is 3.57 Å². The highest BCUT2D eigenvalue weighted by Gasteiger charge is 2.05. The van der Waals surface area contributed by atoms with Crippen LogP contribution in [-0.4, -0.2) is 25.8 Å². The highest BCUT2D eigenvalue weighted by molar-refractivity contribution is 14.1. The number of halogens is 1.